The lowest BCUT2D eigenvalue weighted by atomic mass is 10.1. The number of benzene rings is 1. The molecule has 1 aromatic carbocycles. The minimum absolute atomic E-state index is 0.377. The molecule has 94 valence electrons. The molecule has 1 aliphatic rings. The molecule has 2 rings (SSSR count). The van der Waals surface area contributed by atoms with E-state index in [0.29, 0.717) is 19.3 Å². The Labute approximate surface area is 103 Å². The summed E-state index contributed by atoms with van der Waals surface area (Å²) in [6.07, 6.45) is 3.21. The predicted octanol–water partition coefficient (Wildman–Crippen LogP) is 1.88. The van der Waals surface area contributed by atoms with Gasteiger partial charge in [-0.2, -0.15) is 0 Å². The monoisotopic (exact) mass is 235 g/mol. The molecule has 0 saturated carbocycles. The Bertz CT molecular complexity index is 309. The van der Waals surface area contributed by atoms with E-state index in [2.05, 4.69) is 5.32 Å². The van der Waals surface area contributed by atoms with E-state index < -0.39 is 6.10 Å². The zero-order valence-electron chi connectivity index (χ0n) is 10.1. The van der Waals surface area contributed by atoms with Crippen molar-refractivity contribution in [3.05, 3.63) is 35.9 Å². The molecule has 1 heterocycles. The molecule has 0 aliphatic carbocycles. The Hall–Kier alpha value is -0.900. The second kappa shape index (κ2) is 6.74. The van der Waals surface area contributed by atoms with Gasteiger partial charge in [-0.1, -0.05) is 36.8 Å². The average molecular weight is 235 g/mol. The lowest BCUT2D eigenvalue weighted by Gasteiger charge is -2.23. The Morgan fingerprint density at radius 3 is 2.82 bits per heavy atom. The highest BCUT2D eigenvalue weighted by Gasteiger charge is 2.13. The maximum atomic E-state index is 9.90. The number of rotatable bonds is 5. The van der Waals surface area contributed by atoms with Crippen molar-refractivity contribution < 1.29 is 9.84 Å². The molecule has 2 unspecified atom stereocenters. The van der Waals surface area contributed by atoms with Crippen LogP contribution in [0.15, 0.2) is 30.3 Å². The third-order valence-corrected chi connectivity index (χ3v) is 3.19. The van der Waals surface area contributed by atoms with Gasteiger partial charge in [-0.15, -0.1) is 0 Å². The first kappa shape index (κ1) is 12.6. The summed E-state index contributed by atoms with van der Waals surface area (Å²) < 4.78 is 5.58. The van der Waals surface area contributed by atoms with Gasteiger partial charge in [-0.05, 0) is 24.9 Å². The zero-order valence-corrected chi connectivity index (χ0v) is 10.1. The minimum atomic E-state index is -0.514. The van der Waals surface area contributed by atoms with Gasteiger partial charge >= 0.3 is 0 Å². The van der Waals surface area contributed by atoms with Gasteiger partial charge in [-0.25, -0.2) is 0 Å². The van der Waals surface area contributed by atoms with Crippen molar-refractivity contribution in [3.63, 3.8) is 0 Å². The van der Waals surface area contributed by atoms with Crippen molar-refractivity contribution in [2.45, 2.75) is 31.4 Å². The van der Waals surface area contributed by atoms with Gasteiger partial charge in [0.25, 0.3) is 0 Å². The van der Waals surface area contributed by atoms with Gasteiger partial charge in [0.05, 0.1) is 13.2 Å². The summed E-state index contributed by atoms with van der Waals surface area (Å²) in [5.74, 6) is 0. The lowest BCUT2D eigenvalue weighted by Crippen LogP contribution is -2.37. The standard InChI is InChI=1S/C14H21NO2/c16-14(12-6-2-1-3-7-12)11-17-10-13-8-4-5-9-15-13/h1-3,6-7,13-16H,4-5,8-11H2. The number of hydrogen-bond donors (Lipinski definition) is 2. The number of aliphatic hydroxyl groups excluding tert-OH is 1. The van der Waals surface area contributed by atoms with Crippen molar-refractivity contribution >= 4 is 0 Å². The molecule has 3 heteroatoms. The van der Waals surface area contributed by atoms with Gasteiger partial charge in [0.15, 0.2) is 0 Å². The molecule has 0 amide bonds. The summed E-state index contributed by atoms with van der Waals surface area (Å²) in [5.41, 5.74) is 0.920. The summed E-state index contributed by atoms with van der Waals surface area (Å²) in [4.78, 5) is 0. The van der Waals surface area contributed by atoms with Crippen molar-refractivity contribution in [2.24, 2.45) is 0 Å². The van der Waals surface area contributed by atoms with E-state index in [0.717, 1.165) is 12.1 Å². The molecule has 0 bridgehead atoms. The van der Waals surface area contributed by atoms with Gasteiger partial charge in [0.2, 0.25) is 0 Å². The maximum Gasteiger partial charge on any atom is 0.102 e. The van der Waals surface area contributed by atoms with E-state index in [1.807, 2.05) is 30.3 Å². The largest absolute Gasteiger partial charge is 0.386 e. The number of nitrogens with one attached hydrogen (secondary N) is 1. The minimum Gasteiger partial charge on any atom is -0.386 e. The molecular weight excluding hydrogens is 214 g/mol. The fraction of sp³-hybridized carbons (Fsp3) is 0.571. The fourth-order valence-corrected chi connectivity index (χ4v) is 2.16. The van der Waals surface area contributed by atoms with Crippen molar-refractivity contribution in [3.8, 4) is 0 Å². The normalized spacial score (nSPS) is 22.3. The molecule has 0 spiro atoms. The van der Waals surface area contributed by atoms with Crippen LogP contribution < -0.4 is 5.32 Å². The highest BCUT2D eigenvalue weighted by atomic mass is 16.5. The van der Waals surface area contributed by atoms with E-state index in [9.17, 15) is 5.11 Å². The molecular formula is C14H21NO2. The number of aliphatic hydroxyl groups is 1. The van der Waals surface area contributed by atoms with Crippen molar-refractivity contribution in [2.75, 3.05) is 19.8 Å². The summed E-state index contributed by atoms with van der Waals surface area (Å²) in [5, 5.41) is 13.3. The van der Waals surface area contributed by atoms with E-state index in [-0.39, 0.29) is 0 Å². The van der Waals surface area contributed by atoms with Crippen molar-refractivity contribution in [1.29, 1.82) is 0 Å². The van der Waals surface area contributed by atoms with Crippen LogP contribution in [0.25, 0.3) is 0 Å². The molecule has 1 saturated heterocycles. The Balaban J connectivity index is 1.67. The second-order valence-electron chi connectivity index (χ2n) is 4.61. The van der Waals surface area contributed by atoms with E-state index >= 15 is 0 Å². The Kier molecular flexibility index (Phi) is 4.98. The van der Waals surface area contributed by atoms with E-state index in [1.165, 1.54) is 19.3 Å². The lowest BCUT2D eigenvalue weighted by molar-refractivity contribution is 0.0236. The smallest absolute Gasteiger partial charge is 0.102 e. The highest BCUT2D eigenvalue weighted by molar-refractivity contribution is 5.17. The molecule has 0 aromatic heterocycles. The average Bonchev–Trinajstić information content (AvgIpc) is 2.41. The van der Waals surface area contributed by atoms with Crippen LogP contribution in [0.4, 0.5) is 0 Å². The first-order valence-corrected chi connectivity index (χ1v) is 6.40. The van der Waals surface area contributed by atoms with Crippen LogP contribution in [0.2, 0.25) is 0 Å². The number of ether oxygens (including phenoxy) is 1. The third kappa shape index (κ3) is 4.11. The van der Waals surface area contributed by atoms with Crippen LogP contribution in [0.5, 0.6) is 0 Å². The molecule has 17 heavy (non-hydrogen) atoms. The van der Waals surface area contributed by atoms with Crippen LogP contribution in [-0.2, 0) is 4.74 Å². The van der Waals surface area contributed by atoms with Gasteiger partial charge in [0.1, 0.15) is 6.10 Å². The molecule has 1 aromatic rings. The molecule has 3 nitrogen and oxygen atoms in total. The summed E-state index contributed by atoms with van der Waals surface area (Å²) in [7, 11) is 0. The quantitative estimate of drug-likeness (QED) is 0.818. The molecule has 2 N–H and O–H groups in total. The van der Waals surface area contributed by atoms with Gasteiger partial charge < -0.3 is 15.2 Å². The van der Waals surface area contributed by atoms with Crippen LogP contribution in [0, 0.1) is 0 Å². The van der Waals surface area contributed by atoms with Crippen molar-refractivity contribution in [1.82, 2.24) is 5.32 Å². The molecule has 0 radical (unpaired) electrons. The van der Waals surface area contributed by atoms with Crippen LogP contribution >= 0.6 is 0 Å². The maximum absolute atomic E-state index is 9.90. The Morgan fingerprint density at radius 2 is 2.12 bits per heavy atom. The fourth-order valence-electron chi connectivity index (χ4n) is 2.16. The highest BCUT2D eigenvalue weighted by Crippen LogP contribution is 2.13. The summed E-state index contributed by atoms with van der Waals surface area (Å²) >= 11 is 0. The zero-order chi connectivity index (χ0) is 11.9. The molecule has 1 fully saturated rings. The first-order chi connectivity index (χ1) is 8.36. The van der Waals surface area contributed by atoms with Crippen LogP contribution in [-0.4, -0.2) is 30.9 Å². The topological polar surface area (TPSA) is 41.5 Å². The van der Waals surface area contributed by atoms with Gasteiger partial charge in [-0.3, -0.25) is 0 Å². The van der Waals surface area contributed by atoms with Gasteiger partial charge in [0, 0.05) is 6.04 Å². The van der Waals surface area contributed by atoms with Crippen LogP contribution in [0.3, 0.4) is 0 Å². The third-order valence-electron chi connectivity index (χ3n) is 3.19. The van der Waals surface area contributed by atoms with E-state index in [1.54, 1.807) is 0 Å². The molecule has 2 atom stereocenters. The Morgan fingerprint density at radius 1 is 1.29 bits per heavy atom. The molecule has 1 aliphatic heterocycles. The first-order valence-electron chi connectivity index (χ1n) is 6.40. The summed E-state index contributed by atoms with van der Waals surface area (Å²) in [6, 6.07) is 10.1. The number of hydrogen-bond acceptors (Lipinski definition) is 3. The predicted molar refractivity (Wildman–Crippen MR) is 67.9 cm³/mol. The summed E-state index contributed by atoms with van der Waals surface area (Å²) in [6.45, 7) is 2.17. The van der Waals surface area contributed by atoms with Crippen LogP contribution in [0.1, 0.15) is 30.9 Å². The second-order valence-corrected chi connectivity index (χ2v) is 4.61. The number of piperidine rings is 1. The van der Waals surface area contributed by atoms with E-state index in [4.69, 9.17) is 4.74 Å². The SMILES string of the molecule is OC(COCC1CCCCN1)c1ccccc1.